The van der Waals surface area contributed by atoms with E-state index in [9.17, 15) is 4.79 Å². The zero-order valence-electron chi connectivity index (χ0n) is 11.8. The first-order valence-electron chi connectivity index (χ1n) is 6.30. The monoisotopic (exact) mass is 250 g/mol. The number of carbonyl (C=O) groups is 1. The number of para-hydroxylation sites is 1. The molecule has 0 fully saturated rings. The average molecular weight is 250 g/mol. The van der Waals surface area contributed by atoms with Crippen LogP contribution in [-0.4, -0.2) is 19.2 Å². The molecule has 0 aliphatic carbocycles. The van der Waals surface area contributed by atoms with Crippen molar-refractivity contribution in [3.8, 4) is 5.75 Å². The Bertz CT molecular complexity index is 396. The molecule has 0 heterocycles. The summed E-state index contributed by atoms with van der Waals surface area (Å²) in [6.45, 7) is 8.09. The van der Waals surface area contributed by atoms with Crippen LogP contribution in [0.25, 0.3) is 0 Å². The van der Waals surface area contributed by atoms with Crippen LogP contribution < -0.4 is 4.74 Å². The Kier molecular flexibility index (Phi) is 5.20. The smallest absolute Gasteiger partial charge is 0.347 e. The number of carbonyl (C=O) groups excluding carboxylic acids is 1. The highest BCUT2D eigenvalue weighted by atomic mass is 16.6. The van der Waals surface area contributed by atoms with Crippen LogP contribution in [0.4, 0.5) is 0 Å². The zero-order chi connectivity index (χ0) is 13.7. The van der Waals surface area contributed by atoms with Crippen molar-refractivity contribution in [2.24, 2.45) is 5.92 Å². The van der Waals surface area contributed by atoms with Gasteiger partial charge in [-0.15, -0.1) is 0 Å². The largest absolute Gasteiger partial charge is 0.478 e. The summed E-state index contributed by atoms with van der Waals surface area (Å²) in [6, 6.07) is 7.81. The van der Waals surface area contributed by atoms with Gasteiger partial charge in [0.2, 0.25) is 0 Å². The Hall–Kier alpha value is -1.51. The molecule has 0 aliphatic heterocycles. The number of hydrogen-bond acceptors (Lipinski definition) is 3. The molecule has 0 N–H and O–H groups in total. The molecule has 18 heavy (non-hydrogen) atoms. The van der Waals surface area contributed by atoms with Gasteiger partial charge in [-0.05, 0) is 17.5 Å². The van der Waals surface area contributed by atoms with Crippen molar-refractivity contribution in [1.29, 1.82) is 0 Å². The fraction of sp³-hybridized carbons (Fsp3) is 0.533. The minimum Gasteiger partial charge on any atom is -0.478 e. The predicted molar refractivity (Wildman–Crippen MR) is 71.8 cm³/mol. The van der Waals surface area contributed by atoms with Crippen LogP contribution in [0.2, 0.25) is 0 Å². The van der Waals surface area contributed by atoms with E-state index in [1.807, 2.05) is 38.1 Å². The Morgan fingerprint density at radius 2 is 1.72 bits per heavy atom. The average Bonchev–Trinajstić information content (AvgIpc) is 2.34. The van der Waals surface area contributed by atoms with Gasteiger partial charge < -0.3 is 9.47 Å². The lowest BCUT2D eigenvalue weighted by Crippen LogP contribution is -2.33. The summed E-state index contributed by atoms with van der Waals surface area (Å²) >= 11 is 0. The van der Waals surface area contributed by atoms with Gasteiger partial charge in [-0.1, -0.05) is 45.9 Å². The molecule has 3 heteroatoms. The van der Waals surface area contributed by atoms with E-state index in [1.165, 1.54) is 7.11 Å². The van der Waals surface area contributed by atoms with Crippen LogP contribution in [0.5, 0.6) is 5.75 Å². The second-order valence-corrected chi connectivity index (χ2v) is 5.00. The second-order valence-electron chi connectivity index (χ2n) is 5.00. The van der Waals surface area contributed by atoms with E-state index in [-0.39, 0.29) is 11.9 Å². The van der Waals surface area contributed by atoms with Gasteiger partial charge in [0.1, 0.15) is 5.75 Å². The Balaban J connectivity index is 2.97. The van der Waals surface area contributed by atoms with Gasteiger partial charge in [-0.2, -0.15) is 0 Å². The van der Waals surface area contributed by atoms with Gasteiger partial charge in [0.15, 0.2) is 6.10 Å². The molecule has 3 nitrogen and oxygen atoms in total. The molecule has 1 aromatic carbocycles. The van der Waals surface area contributed by atoms with E-state index >= 15 is 0 Å². The topological polar surface area (TPSA) is 35.5 Å². The molecule has 0 aromatic heterocycles. The lowest BCUT2D eigenvalue weighted by Gasteiger charge is -2.22. The molecular formula is C15H22O3. The number of rotatable bonds is 5. The van der Waals surface area contributed by atoms with Crippen molar-refractivity contribution in [3.63, 3.8) is 0 Å². The SMILES string of the molecule is COC(=O)[C@H](Oc1ccccc1C(C)C)C(C)C. The first-order chi connectivity index (χ1) is 8.47. The molecule has 0 bridgehead atoms. The molecule has 0 saturated carbocycles. The van der Waals surface area contributed by atoms with Gasteiger partial charge in [-0.3, -0.25) is 0 Å². The molecule has 1 atom stereocenters. The third-order valence-corrected chi connectivity index (χ3v) is 2.83. The molecule has 100 valence electrons. The number of ether oxygens (including phenoxy) is 2. The highest BCUT2D eigenvalue weighted by Crippen LogP contribution is 2.28. The molecule has 0 saturated heterocycles. The van der Waals surface area contributed by atoms with Crippen LogP contribution in [0, 0.1) is 5.92 Å². The van der Waals surface area contributed by atoms with E-state index in [4.69, 9.17) is 9.47 Å². The molecule has 0 spiro atoms. The number of hydrogen-bond donors (Lipinski definition) is 0. The number of esters is 1. The fourth-order valence-corrected chi connectivity index (χ4v) is 1.77. The van der Waals surface area contributed by atoms with Crippen LogP contribution in [0.15, 0.2) is 24.3 Å². The van der Waals surface area contributed by atoms with E-state index in [0.717, 1.165) is 11.3 Å². The molecular weight excluding hydrogens is 228 g/mol. The van der Waals surface area contributed by atoms with E-state index in [0.29, 0.717) is 5.92 Å². The Labute approximate surface area is 109 Å². The van der Waals surface area contributed by atoms with E-state index in [2.05, 4.69) is 13.8 Å². The normalized spacial score (nSPS) is 12.6. The van der Waals surface area contributed by atoms with Crippen molar-refractivity contribution >= 4 is 5.97 Å². The number of benzene rings is 1. The maximum Gasteiger partial charge on any atom is 0.347 e. The first-order valence-corrected chi connectivity index (χ1v) is 6.30. The summed E-state index contributed by atoms with van der Waals surface area (Å²) in [6.07, 6.45) is -0.560. The first kappa shape index (κ1) is 14.6. The molecule has 1 aromatic rings. The summed E-state index contributed by atoms with van der Waals surface area (Å²) < 4.78 is 10.6. The van der Waals surface area contributed by atoms with Crippen LogP contribution in [-0.2, 0) is 9.53 Å². The van der Waals surface area contributed by atoms with Gasteiger partial charge in [0.05, 0.1) is 7.11 Å². The quantitative estimate of drug-likeness (QED) is 0.751. The molecule has 1 rings (SSSR count). The maximum atomic E-state index is 11.7. The van der Waals surface area contributed by atoms with Crippen molar-refractivity contribution in [1.82, 2.24) is 0 Å². The standard InChI is InChI=1S/C15H22O3/c1-10(2)12-8-6-7-9-13(12)18-14(11(3)4)15(16)17-5/h6-11,14H,1-5H3/t14-/m1/s1. The molecule has 0 aliphatic rings. The highest BCUT2D eigenvalue weighted by molar-refractivity contribution is 5.75. The highest BCUT2D eigenvalue weighted by Gasteiger charge is 2.26. The second kappa shape index (κ2) is 6.43. The Morgan fingerprint density at radius 3 is 2.22 bits per heavy atom. The lowest BCUT2D eigenvalue weighted by molar-refractivity contribution is -0.150. The zero-order valence-corrected chi connectivity index (χ0v) is 11.8. The summed E-state index contributed by atoms with van der Waals surface area (Å²) in [7, 11) is 1.38. The van der Waals surface area contributed by atoms with Crippen LogP contribution in [0.1, 0.15) is 39.2 Å². The summed E-state index contributed by atoms with van der Waals surface area (Å²) in [4.78, 5) is 11.7. The lowest BCUT2D eigenvalue weighted by atomic mass is 10.0. The predicted octanol–water partition coefficient (Wildman–Crippen LogP) is 3.39. The third kappa shape index (κ3) is 3.49. The number of methoxy groups -OCH3 is 1. The minimum absolute atomic E-state index is 0.0673. The maximum absolute atomic E-state index is 11.7. The van der Waals surface area contributed by atoms with Crippen molar-refractivity contribution in [3.05, 3.63) is 29.8 Å². The van der Waals surface area contributed by atoms with Crippen LogP contribution in [0.3, 0.4) is 0 Å². The van der Waals surface area contributed by atoms with E-state index in [1.54, 1.807) is 0 Å². The van der Waals surface area contributed by atoms with E-state index < -0.39 is 6.10 Å². The summed E-state index contributed by atoms with van der Waals surface area (Å²) in [5.74, 6) is 0.851. The fourth-order valence-electron chi connectivity index (χ4n) is 1.77. The van der Waals surface area contributed by atoms with Crippen LogP contribution >= 0.6 is 0 Å². The van der Waals surface area contributed by atoms with Gasteiger partial charge >= 0.3 is 5.97 Å². The molecule has 0 amide bonds. The van der Waals surface area contributed by atoms with Gasteiger partial charge in [0.25, 0.3) is 0 Å². The van der Waals surface area contributed by atoms with Crippen molar-refractivity contribution < 1.29 is 14.3 Å². The summed E-state index contributed by atoms with van der Waals surface area (Å²) in [5.41, 5.74) is 1.10. The molecule has 0 radical (unpaired) electrons. The van der Waals surface area contributed by atoms with Crippen molar-refractivity contribution in [2.45, 2.75) is 39.7 Å². The van der Waals surface area contributed by atoms with Gasteiger partial charge in [0, 0.05) is 5.92 Å². The van der Waals surface area contributed by atoms with Crippen molar-refractivity contribution in [2.75, 3.05) is 7.11 Å². The minimum atomic E-state index is -0.560. The molecule has 0 unspecified atom stereocenters. The Morgan fingerprint density at radius 1 is 1.11 bits per heavy atom. The third-order valence-electron chi connectivity index (χ3n) is 2.83. The van der Waals surface area contributed by atoms with Gasteiger partial charge in [-0.25, -0.2) is 4.79 Å². The summed E-state index contributed by atoms with van der Waals surface area (Å²) in [5, 5.41) is 0.